The van der Waals surface area contributed by atoms with Gasteiger partial charge in [0.05, 0.1) is 33.4 Å². The normalized spacial score (nSPS) is 12.8. The van der Waals surface area contributed by atoms with Crippen LogP contribution in [0.4, 0.5) is 22.7 Å². The van der Waals surface area contributed by atoms with Crippen LogP contribution in [-0.4, -0.2) is 50.3 Å². The van der Waals surface area contributed by atoms with Crippen LogP contribution in [0.1, 0.15) is 30.4 Å². The second-order valence-corrected chi connectivity index (χ2v) is 7.72. The van der Waals surface area contributed by atoms with Gasteiger partial charge in [-0.2, -0.15) is 0 Å². The summed E-state index contributed by atoms with van der Waals surface area (Å²) >= 11 is 0. The molecule has 0 bridgehead atoms. The van der Waals surface area contributed by atoms with Gasteiger partial charge in [-0.1, -0.05) is 12.1 Å². The van der Waals surface area contributed by atoms with Crippen molar-refractivity contribution >= 4 is 28.7 Å². The second kappa shape index (κ2) is 11.5. The summed E-state index contributed by atoms with van der Waals surface area (Å²) in [4.78, 5) is 41.8. The SMILES string of the molecule is Cc1ccc(C)c(NCC(=O)N2CCCCC2)c1.O=[N+]([O-])c1cc([N+](=O)[O-])c(O)c([N+](=O)[O-])c1. The average molecular weight is 475 g/mol. The lowest BCUT2D eigenvalue weighted by Crippen LogP contribution is -2.39. The fourth-order valence-corrected chi connectivity index (χ4v) is 3.33. The first-order valence-electron chi connectivity index (χ1n) is 10.4. The quantitative estimate of drug-likeness (QED) is 0.463. The highest BCUT2D eigenvalue weighted by Crippen LogP contribution is 2.38. The van der Waals surface area contributed by atoms with Gasteiger partial charge in [0.1, 0.15) is 0 Å². The zero-order chi connectivity index (χ0) is 25.4. The molecule has 13 heteroatoms. The molecule has 13 nitrogen and oxygen atoms in total. The fourth-order valence-electron chi connectivity index (χ4n) is 3.33. The van der Waals surface area contributed by atoms with Crippen molar-refractivity contribution in [2.45, 2.75) is 33.1 Å². The number of aromatic hydroxyl groups is 1. The number of carbonyl (C=O) groups excluding carboxylic acids is 1. The summed E-state index contributed by atoms with van der Waals surface area (Å²) in [7, 11) is 0. The highest BCUT2D eigenvalue weighted by molar-refractivity contribution is 5.81. The monoisotopic (exact) mass is 475 g/mol. The third kappa shape index (κ3) is 6.85. The van der Waals surface area contributed by atoms with E-state index in [9.17, 15) is 35.1 Å². The number of nitro groups is 3. The van der Waals surface area contributed by atoms with E-state index in [1.807, 2.05) is 4.90 Å². The molecule has 2 N–H and O–H groups in total. The van der Waals surface area contributed by atoms with E-state index in [4.69, 9.17) is 5.11 Å². The minimum Gasteiger partial charge on any atom is -0.497 e. The van der Waals surface area contributed by atoms with Crippen molar-refractivity contribution in [2.75, 3.05) is 25.0 Å². The second-order valence-electron chi connectivity index (χ2n) is 7.72. The van der Waals surface area contributed by atoms with E-state index in [-0.39, 0.29) is 5.91 Å². The van der Waals surface area contributed by atoms with Crippen LogP contribution < -0.4 is 5.32 Å². The first kappa shape index (κ1) is 26.0. The zero-order valence-electron chi connectivity index (χ0n) is 18.7. The number of benzene rings is 2. The van der Waals surface area contributed by atoms with Crippen LogP contribution in [-0.2, 0) is 4.79 Å². The Hall–Kier alpha value is -4.29. The lowest BCUT2D eigenvalue weighted by Gasteiger charge is -2.27. The van der Waals surface area contributed by atoms with Gasteiger partial charge >= 0.3 is 11.4 Å². The Labute approximate surface area is 194 Å². The number of hydrogen-bond donors (Lipinski definition) is 2. The van der Waals surface area contributed by atoms with Gasteiger partial charge < -0.3 is 15.3 Å². The minimum absolute atomic E-state index is 0.218. The third-order valence-corrected chi connectivity index (χ3v) is 5.19. The number of anilines is 1. The average Bonchev–Trinajstić information content (AvgIpc) is 2.80. The summed E-state index contributed by atoms with van der Waals surface area (Å²) in [5.41, 5.74) is 0.471. The van der Waals surface area contributed by atoms with Gasteiger partial charge in [0.2, 0.25) is 5.91 Å². The molecular weight excluding hydrogens is 450 g/mol. The summed E-state index contributed by atoms with van der Waals surface area (Å²) in [6, 6.07) is 7.17. The molecule has 3 rings (SSSR count). The Morgan fingerprint density at radius 2 is 1.50 bits per heavy atom. The number of likely N-dealkylation sites (tertiary alicyclic amines) is 1. The van der Waals surface area contributed by atoms with Gasteiger partial charge in [0, 0.05) is 18.8 Å². The van der Waals surface area contributed by atoms with E-state index < -0.39 is 37.6 Å². The van der Waals surface area contributed by atoms with Crippen molar-refractivity contribution in [1.29, 1.82) is 0 Å². The number of amides is 1. The molecule has 0 unspecified atom stereocenters. The van der Waals surface area contributed by atoms with Crippen molar-refractivity contribution in [3.05, 3.63) is 71.8 Å². The zero-order valence-corrected chi connectivity index (χ0v) is 18.7. The lowest BCUT2D eigenvalue weighted by molar-refractivity contribution is -0.404. The number of carbonyl (C=O) groups is 1. The molecule has 1 heterocycles. The third-order valence-electron chi connectivity index (χ3n) is 5.19. The predicted molar refractivity (Wildman–Crippen MR) is 123 cm³/mol. The largest absolute Gasteiger partial charge is 0.497 e. The van der Waals surface area contributed by atoms with Gasteiger partial charge in [-0.25, -0.2) is 0 Å². The number of nitrogens with zero attached hydrogens (tertiary/aromatic N) is 4. The molecule has 0 saturated carbocycles. The molecular formula is C21H25N5O8. The topological polar surface area (TPSA) is 182 Å². The standard InChI is InChI=1S/C15H22N2O.C6H3N3O7/c1-12-6-7-13(2)14(10-12)16-11-15(18)17-8-4-3-5-9-17;10-6-4(8(13)14)1-3(7(11)12)2-5(6)9(15)16/h6-7,10,16H,3-5,8-9,11H2,1-2H3;1-2,10H. The molecule has 0 atom stereocenters. The molecule has 34 heavy (non-hydrogen) atoms. The van der Waals surface area contributed by atoms with Gasteiger partial charge in [0.15, 0.2) is 0 Å². The number of non-ortho nitro benzene ring substituents is 1. The molecule has 2 aromatic carbocycles. The molecule has 182 valence electrons. The molecule has 0 aliphatic carbocycles. The van der Waals surface area contributed by atoms with Crippen molar-refractivity contribution in [3.8, 4) is 5.75 Å². The fraction of sp³-hybridized carbons (Fsp3) is 0.381. The van der Waals surface area contributed by atoms with Gasteiger partial charge in [-0.3, -0.25) is 35.1 Å². The summed E-state index contributed by atoms with van der Waals surface area (Å²) < 4.78 is 0. The predicted octanol–water partition coefficient (Wildman–Crippen LogP) is 3.84. The summed E-state index contributed by atoms with van der Waals surface area (Å²) in [6.45, 7) is 6.38. The van der Waals surface area contributed by atoms with E-state index >= 15 is 0 Å². The minimum atomic E-state index is -1.21. The summed E-state index contributed by atoms with van der Waals surface area (Å²) in [6.07, 6.45) is 3.55. The number of rotatable bonds is 6. The molecule has 1 aliphatic heterocycles. The van der Waals surface area contributed by atoms with E-state index in [2.05, 4.69) is 37.4 Å². The van der Waals surface area contributed by atoms with Gasteiger partial charge in [-0.05, 0) is 50.3 Å². The van der Waals surface area contributed by atoms with Crippen molar-refractivity contribution < 1.29 is 24.7 Å². The number of nitro benzene ring substituents is 3. The molecule has 0 radical (unpaired) electrons. The highest BCUT2D eigenvalue weighted by Gasteiger charge is 2.30. The van der Waals surface area contributed by atoms with Crippen molar-refractivity contribution in [2.24, 2.45) is 0 Å². The Bertz CT molecular complexity index is 1060. The first-order valence-corrected chi connectivity index (χ1v) is 10.4. The number of piperidine rings is 1. The van der Waals surface area contributed by atoms with Crippen LogP contribution >= 0.6 is 0 Å². The molecule has 1 aliphatic rings. The van der Waals surface area contributed by atoms with Crippen LogP contribution in [0.25, 0.3) is 0 Å². The Balaban J connectivity index is 0.000000242. The maximum Gasteiger partial charge on any atom is 0.324 e. The van der Waals surface area contributed by atoms with Crippen LogP contribution in [0.3, 0.4) is 0 Å². The molecule has 0 spiro atoms. The molecule has 1 fully saturated rings. The Kier molecular flexibility index (Phi) is 8.81. The highest BCUT2D eigenvalue weighted by atomic mass is 16.6. The molecule has 2 aromatic rings. The first-order chi connectivity index (χ1) is 16.0. The van der Waals surface area contributed by atoms with E-state index in [1.165, 1.54) is 17.5 Å². The van der Waals surface area contributed by atoms with Gasteiger partial charge in [0.25, 0.3) is 11.4 Å². The summed E-state index contributed by atoms with van der Waals surface area (Å²) in [5.74, 6) is -0.990. The van der Waals surface area contributed by atoms with E-state index in [0.717, 1.165) is 31.6 Å². The van der Waals surface area contributed by atoms with Crippen molar-refractivity contribution in [1.82, 2.24) is 4.90 Å². The maximum atomic E-state index is 12.0. The molecule has 0 aromatic heterocycles. The van der Waals surface area contributed by atoms with E-state index in [1.54, 1.807) is 0 Å². The van der Waals surface area contributed by atoms with Crippen molar-refractivity contribution in [3.63, 3.8) is 0 Å². The number of phenols is 1. The Morgan fingerprint density at radius 1 is 0.941 bits per heavy atom. The maximum absolute atomic E-state index is 12.0. The van der Waals surface area contributed by atoms with Crippen LogP contribution in [0.5, 0.6) is 5.75 Å². The Morgan fingerprint density at radius 3 is 2.00 bits per heavy atom. The van der Waals surface area contributed by atoms with Crippen LogP contribution in [0.2, 0.25) is 0 Å². The summed E-state index contributed by atoms with van der Waals surface area (Å²) in [5, 5.41) is 43.5. The number of aryl methyl sites for hydroxylation is 2. The number of hydrogen-bond acceptors (Lipinski definition) is 9. The number of phenolic OH excluding ortho intramolecular Hbond substituents is 1. The smallest absolute Gasteiger partial charge is 0.324 e. The lowest BCUT2D eigenvalue weighted by atomic mass is 10.1. The van der Waals surface area contributed by atoms with Gasteiger partial charge in [-0.15, -0.1) is 0 Å². The van der Waals surface area contributed by atoms with Crippen LogP contribution in [0, 0.1) is 44.2 Å². The molecule has 1 saturated heterocycles. The molecule has 1 amide bonds. The number of nitrogens with one attached hydrogen (secondary N) is 1. The van der Waals surface area contributed by atoms with Crippen LogP contribution in [0.15, 0.2) is 30.3 Å². The van der Waals surface area contributed by atoms with E-state index in [0.29, 0.717) is 18.7 Å².